The molecule has 298 valence electrons. The average Bonchev–Trinajstić information content (AvgIpc) is 3.77. The molecule has 0 N–H and O–H groups in total. The minimum Gasteiger partial charge on any atom is -0.294 e. The van der Waals surface area contributed by atoms with E-state index in [2.05, 4.69) is 64.1 Å². The van der Waals surface area contributed by atoms with Crippen LogP contribution in [-0.2, 0) is 44.9 Å². The molecule has 4 heteroatoms. The zero-order valence-electron chi connectivity index (χ0n) is 34.9. The topological polar surface area (TPSA) is 68.3 Å². The zero-order chi connectivity index (χ0) is 39.5. The van der Waals surface area contributed by atoms with E-state index in [0.29, 0.717) is 11.1 Å². The van der Waals surface area contributed by atoms with Gasteiger partial charge in [0.05, 0.1) is 10.8 Å². The van der Waals surface area contributed by atoms with Gasteiger partial charge in [-0.1, -0.05) is 141 Å². The Kier molecular flexibility index (Phi) is 12.6. The van der Waals surface area contributed by atoms with Crippen LogP contribution in [-0.4, -0.2) is 23.1 Å². The number of benzene rings is 2. The average molecular weight is 755 g/mol. The summed E-state index contributed by atoms with van der Waals surface area (Å²) in [7, 11) is 0. The highest BCUT2D eigenvalue weighted by molar-refractivity contribution is 6.30. The molecule has 6 aliphatic carbocycles. The number of allylic oxidation sites excluding steroid dienone is 6. The van der Waals surface area contributed by atoms with Gasteiger partial charge in [0.1, 0.15) is 0 Å². The van der Waals surface area contributed by atoms with E-state index in [-0.39, 0.29) is 46.8 Å². The van der Waals surface area contributed by atoms with Crippen molar-refractivity contribution in [3.63, 3.8) is 0 Å². The molecule has 4 bridgehead atoms. The van der Waals surface area contributed by atoms with Gasteiger partial charge in [0.25, 0.3) is 0 Å². The largest absolute Gasteiger partial charge is 0.294 e. The van der Waals surface area contributed by atoms with Crippen LogP contribution in [0.2, 0.25) is 0 Å². The van der Waals surface area contributed by atoms with E-state index in [1.807, 2.05) is 0 Å². The summed E-state index contributed by atoms with van der Waals surface area (Å²) in [6.07, 6.45) is 28.1. The van der Waals surface area contributed by atoms with Gasteiger partial charge in [0, 0.05) is 23.0 Å². The van der Waals surface area contributed by atoms with Crippen molar-refractivity contribution in [1.29, 1.82) is 0 Å². The molecule has 0 unspecified atom stereocenters. The molecular formula is C52H66O4. The summed E-state index contributed by atoms with van der Waals surface area (Å²) in [6, 6.07) is 14.0. The van der Waals surface area contributed by atoms with Crippen LogP contribution in [0.1, 0.15) is 176 Å². The number of hydrogen-bond acceptors (Lipinski definition) is 4. The summed E-state index contributed by atoms with van der Waals surface area (Å²) < 4.78 is 0. The molecule has 0 radical (unpaired) electrons. The summed E-state index contributed by atoms with van der Waals surface area (Å²) in [6.45, 7) is 8.96. The van der Waals surface area contributed by atoms with Crippen LogP contribution < -0.4 is 0 Å². The van der Waals surface area contributed by atoms with Crippen molar-refractivity contribution in [2.75, 3.05) is 0 Å². The normalized spacial score (nSPS) is 27.0. The Morgan fingerprint density at radius 2 is 0.964 bits per heavy atom. The third-order valence-electron chi connectivity index (χ3n) is 14.6. The fraction of sp³-hybridized carbons (Fsp3) is 0.577. The molecule has 0 aromatic heterocycles. The second-order valence-corrected chi connectivity index (χ2v) is 17.9. The van der Waals surface area contributed by atoms with Crippen molar-refractivity contribution >= 4 is 23.1 Å². The molecular weight excluding hydrogens is 689 g/mol. The van der Waals surface area contributed by atoms with Crippen LogP contribution in [0.3, 0.4) is 0 Å². The van der Waals surface area contributed by atoms with E-state index in [1.165, 1.54) is 110 Å². The van der Waals surface area contributed by atoms with E-state index in [1.54, 1.807) is 0 Å². The van der Waals surface area contributed by atoms with Gasteiger partial charge in [-0.05, 0) is 121 Å². The van der Waals surface area contributed by atoms with Gasteiger partial charge in [0.2, 0.25) is 0 Å². The molecule has 0 aliphatic heterocycles. The molecule has 2 aromatic rings. The maximum atomic E-state index is 15.1. The first-order valence-electron chi connectivity index (χ1n) is 22.8. The van der Waals surface area contributed by atoms with E-state index >= 15 is 4.79 Å². The monoisotopic (exact) mass is 754 g/mol. The molecule has 8 rings (SSSR count). The van der Waals surface area contributed by atoms with Gasteiger partial charge in [-0.2, -0.15) is 0 Å². The molecule has 6 atom stereocenters. The Morgan fingerprint density at radius 1 is 0.482 bits per heavy atom. The minimum absolute atomic E-state index is 0.0218. The number of carbonyl (C=O) groups excluding carboxylic acids is 4. The van der Waals surface area contributed by atoms with Gasteiger partial charge in [-0.3, -0.25) is 19.2 Å². The Hall–Kier alpha value is -3.66. The van der Waals surface area contributed by atoms with Gasteiger partial charge in [0.15, 0.2) is 23.1 Å². The van der Waals surface area contributed by atoms with Gasteiger partial charge in [-0.25, -0.2) is 0 Å². The van der Waals surface area contributed by atoms with Crippen molar-refractivity contribution in [1.82, 2.24) is 0 Å². The standard InChI is InChI=1S/C52H66O4/c1-5-9-13-17-21-35-25-27-37(23-19-15-11-7-3)39(33-35)45-47-46-41(53)29-30-42(54)49(46)52-44(56)32-31-43(55)51(52,50(45)52)48(47)40-34-36(22-18-14-10-6-2)26-28-38(40)24-20-16-12-8-4/h25-34,45,47-48,50H,5-24H2,1-4H3/t45-,47-,48+,50-,51+,52-/m0/s1. The fourth-order valence-electron chi connectivity index (χ4n) is 12.1. The molecule has 0 saturated heterocycles. The lowest BCUT2D eigenvalue weighted by molar-refractivity contribution is -0.131. The first kappa shape index (κ1) is 40.5. The first-order valence-corrected chi connectivity index (χ1v) is 22.8. The minimum atomic E-state index is -1.30. The Labute approximate surface area is 337 Å². The van der Waals surface area contributed by atoms with Crippen molar-refractivity contribution in [3.05, 3.63) is 105 Å². The molecule has 2 saturated carbocycles. The second-order valence-electron chi connectivity index (χ2n) is 17.9. The Bertz CT molecular complexity index is 1920. The summed E-state index contributed by atoms with van der Waals surface area (Å²) >= 11 is 0. The number of ketones is 4. The third-order valence-corrected chi connectivity index (χ3v) is 14.6. The third kappa shape index (κ3) is 6.69. The van der Waals surface area contributed by atoms with Crippen molar-refractivity contribution in [2.45, 2.75) is 168 Å². The SMILES string of the molecule is CCCCCCc1ccc(CCCCCC)c([C@H]2[C@H]3C4=C(C(=O)C=CC4=O)[C@]45C(=O)C=CC(=O)[C@@]4([C@@H]3c3cc(CCCCCC)ccc3CCCCCC)[C@H]25)c1. The lowest BCUT2D eigenvalue weighted by Crippen LogP contribution is -2.49. The van der Waals surface area contributed by atoms with Crippen LogP contribution in [0.4, 0.5) is 0 Å². The molecule has 4 nitrogen and oxygen atoms in total. The van der Waals surface area contributed by atoms with E-state index in [9.17, 15) is 14.4 Å². The first-order chi connectivity index (χ1) is 27.3. The van der Waals surface area contributed by atoms with E-state index in [0.717, 1.165) is 76.2 Å². The number of carbonyl (C=O) groups is 4. The summed E-state index contributed by atoms with van der Waals surface area (Å²) in [5.74, 6) is -1.83. The van der Waals surface area contributed by atoms with Crippen molar-refractivity contribution < 1.29 is 19.2 Å². The maximum Gasteiger partial charge on any atom is 0.183 e. The molecule has 56 heavy (non-hydrogen) atoms. The highest BCUT2D eigenvalue weighted by atomic mass is 16.2. The number of hydrogen-bond donors (Lipinski definition) is 0. The summed E-state index contributed by atoms with van der Waals surface area (Å²) in [5, 5.41) is 0. The van der Waals surface area contributed by atoms with Crippen molar-refractivity contribution in [2.24, 2.45) is 22.7 Å². The summed E-state index contributed by atoms with van der Waals surface area (Å²) in [4.78, 5) is 58.6. The maximum absolute atomic E-state index is 15.1. The van der Waals surface area contributed by atoms with Gasteiger partial charge < -0.3 is 0 Å². The molecule has 0 heterocycles. The highest BCUT2D eigenvalue weighted by Crippen LogP contribution is 2.93. The predicted molar refractivity (Wildman–Crippen MR) is 227 cm³/mol. The Balaban J connectivity index is 1.44. The lowest BCUT2D eigenvalue weighted by atomic mass is 9.52. The molecule has 0 amide bonds. The van der Waals surface area contributed by atoms with Gasteiger partial charge >= 0.3 is 0 Å². The zero-order valence-corrected chi connectivity index (χ0v) is 34.9. The second kappa shape index (κ2) is 17.5. The van der Waals surface area contributed by atoms with Crippen LogP contribution in [0.15, 0.2) is 71.8 Å². The van der Waals surface area contributed by atoms with Crippen LogP contribution in [0.25, 0.3) is 0 Å². The van der Waals surface area contributed by atoms with E-state index in [4.69, 9.17) is 0 Å². The number of unbranched alkanes of at least 4 members (excludes halogenated alkanes) is 12. The number of aryl methyl sites for hydroxylation is 4. The summed E-state index contributed by atoms with van der Waals surface area (Å²) in [5.41, 5.74) is 6.00. The van der Waals surface area contributed by atoms with Crippen LogP contribution in [0.5, 0.6) is 0 Å². The highest BCUT2D eigenvalue weighted by Gasteiger charge is 2.96. The smallest absolute Gasteiger partial charge is 0.183 e. The van der Waals surface area contributed by atoms with Crippen LogP contribution in [0, 0.1) is 22.7 Å². The van der Waals surface area contributed by atoms with Crippen LogP contribution >= 0.6 is 0 Å². The molecule has 2 spiro atoms. The van der Waals surface area contributed by atoms with Gasteiger partial charge in [-0.15, -0.1) is 0 Å². The Morgan fingerprint density at radius 3 is 1.52 bits per heavy atom. The fourth-order valence-corrected chi connectivity index (χ4v) is 12.1. The number of rotatable bonds is 22. The molecule has 6 aliphatic rings. The lowest BCUT2D eigenvalue weighted by Gasteiger charge is -2.47. The van der Waals surface area contributed by atoms with E-state index < -0.39 is 10.8 Å². The predicted octanol–water partition coefficient (Wildman–Crippen LogP) is 12.0. The molecule has 2 fully saturated rings. The quantitative estimate of drug-likeness (QED) is 0.0886. The van der Waals surface area contributed by atoms with Crippen molar-refractivity contribution in [3.8, 4) is 0 Å². The molecule has 2 aromatic carbocycles.